The van der Waals surface area contributed by atoms with Crippen LogP contribution >= 0.6 is 0 Å². The third-order valence-corrected chi connectivity index (χ3v) is 4.09. The van der Waals surface area contributed by atoms with Gasteiger partial charge in [0, 0.05) is 45.7 Å². The van der Waals surface area contributed by atoms with Crippen molar-refractivity contribution < 1.29 is 14.3 Å². The molecule has 3 rings (SSSR count). The molecule has 0 aromatic carbocycles. The quantitative estimate of drug-likeness (QED) is 0.813. The zero-order valence-corrected chi connectivity index (χ0v) is 14.2. The molecule has 0 unspecified atom stereocenters. The van der Waals surface area contributed by atoms with Gasteiger partial charge in [0.15, 0.2) is 0 Å². The fourth-order valence-electron chi connectivity index (χ4n) is 2.96. The zero-order valence-electron chi connectivity index (χ0n) is 14.2. The lowest BCUT2D eigenvalue weighted by Crippen LogP contribution is -2.39. The van der Waals surface area contributed by atoms with Crippen molar-refractivity contribution in [2.45, 2.75) is 25.7 Å². The van der Waals surface area contributed by atoms with Gasteiger partial charge in [0.25, 0.3) is 0 Å². The Bertz CT molecular complexity index is 645. The molecule has 0 fully saturated rings. The van der Waals surface area contributed by atoms with Crippen molar-refractivity contribution in [3.8, 4) is 0 Å². The van der Waals surface area contributed by atoms with Crippen molar-refractivity contribution in [1.29, 1.82) is 0 Å². The lowest BCUT2D eigenvalue weighted by molar-refractivity contribution is 0.00302. The monoisotopic (exact) mass is 332 g/mol. The van der Waals surface area contributed by atoms with Gasteiger partial charge in [-0.15, -0.1) is 0 Å². The number of anilines is 1. The molecule has 1 aliphatic heterocycles. The number of fused-ring (bicyclic) bond motifs is 1. The number of aliphatic hydroxyl groups is 1. The Morgan fingerprint density at radius 3 is 3.04 bits per heavy atom. The first-order valence-corrected chi connectivity index (χ1v) is 8.14. The number of rotatable bonds is 7. The summed E-state index contributed by atoms with van der Waals surface area (Å²) in [4.78, 5) is 13.0. The highest BCUT2D eigenvalue weighted by Gasteiger charge is 2.23. The van der Waals surface area contributed by atoms with Crippen LogP contribution in [0.5, 0.6) is 0 Å². The van der Waals surface area contributed by atoms with Crippen molar-refractivity contribution in [2.24, 2.45) is 0 Å². The molecule has 2 aromatic heterocycles. The maximum Gasteiger partial charge on any atom is 0.136 e. The lowest BCUT2D eigenvalue weighted by atomic mass is 10.1. The van der Waals surface area contributed by atoms with E-state index in [0.717, 1.165) is 42.3 Å². The topological polar surface area (TPSA) is 74.9 Å². The van der Waals surface area contributed by atoms with E-state index < -0.39 is 6.10 Å². The second-order valence-corrected chi connectivity index (χ2v) is 6.25. The van der Waals surface area contributed by atoms with E-state index in [0.29, 0.717) is 13.2 Å². The van der Waals surface area contributed by atoms with Crippen molar-refractivity contribution in [3.63, 3.8) is 0 Å². The molecule has 0 radical (unpaired) electrons. The molecule has 0 aliphatic carbocycles. The SMILES string of the molecule is CN(C)c1ncnc2c1CN(C[C@@H](O)COCc1ccco1)CC2. The molecule has 0 spiro atoms. The highest BCUT2D eigenvalue weighted by molar-refractivity contribution is 5.48. The normalized spacial score (nSPS) is 16.0. The van der Waals surface area contributed by atoms with Crippen molar-refractivity contribution in [2.75, 3.05) is 38.7 Å². The molecule has 1 N–H and O–H groups in total. The van der Waals surface area contributed by atoms with Crippen LogP contribution in [0.3, 0.4) is 0 Å². The van der Waals surface area contributed by atoms with Crippen LogP contribution < -0.4 is 4.90 Å². The average molecular weight is 332 g/mol. The molecule has 0 saturated heterocycles. The van der Waals surface area contributed by atoms with E-state index >= 15 is 0 Å². The number of aromatic nitrogens is 2. The number of hydrogen-bond donors (Lipinski definition) is 1. The van der Waals surface area contributed by atoms with Crippen molar-refractivity contribution >= 4 is 5.82 Å². The Morgan fingerprint density at radius 1 is 1.42 bits per heavy atom. The number of β-amino-alcohol motifs (C(OH)–C–C–N with tert-alkyl or cyclic N) is 1. The Kier molecular flexibility index (Phi) is 5.44. The van der Waals surface area contributed by atoms with E-state index in [1.54, 1.807) is 12.6 Å². The summed E-state index contributed by atoms with van der Waals surface area (Å²) in [5.74, 6) is 1.72. The fraction of sp³-hybridized carbons (Fsp3) is 0.529. The number of hydrogen-bond acceptors (Lipinski definition) is 7. The molecular formula is C17H24N4O3. The number of furan rings is 1. The molecule has 7 nitrogen and oxygen atoms in total. The van der Waals surface area contributed by atoms with E-state index in [2.05, 4.69) is 14.9 Å². The fourth-order valence-corrected chi connectivity index (χ4v) is 2.96. The summed E-state index contributed by atoms with van der Waals surface area (Å²) in [6.45, 7) is 2.87. The maximum absolute atomic E-state index is 10.2. The third-order valence-electron chi connectivity index (χ3n) is 4.09. The molecule has 24 heavy (non-hydrogen) atoms. The van der Waals surface area contributed by atoms with Crippen LogP contribution in [0.25, 0.3) is 0 Å². The van der Waals surface area contributed by atoms with Crippen LogP contribution in [0.2, 0.25) is 0 Å². The minimum atomic E-state index is -0.533. The van der Waals surface area contributed by atoms with Crippen LogP contribution in [-0.4, -0.2) is 59.9 Å². The highest BCUT2D eigenvalue weighted by atomic mass is 16.5. The van der Waals surface area contributed by atoms with Gasteiger partial charge in [-0.2, -0.15) is 0 Å². The van der Waals surface area contributed by atoms with Gasteiger partial charge in [-0.05, 0) is 12.1 Å². The minimum Gasteiger partial charge on any atom is -0.467 e. The third kappa shape index (κ3) is 4.11. The second kappa shape index (κ2) is 7.74. The zero-order chi connectivity index (χ0) is 16.9. The van der Waals surface area contributed by atoms with Gasteiger partial charge in [0.2, 0.25) is 0 Å². The van der Waals surface area contributed by atoms with Crippen LogP contribution in [0.15, 0.2) is 29.1 Å². The van der Waals surface area contributed by atoms with Crippen molar-refractivity contribution in [3.05, 3.63) is 41.7 Å². The smallest absolute Gasteiger partial charge is 0.136 e. The first kappa shape index (κ1) is 16.9. The first-order valence-electron chi connectivity index (χ1n) is 8.14. The average Bonchev–Trinajstić information content (AvgIpc) is 3.07. The molecule has 2 aromatic rings. The molecule has 0 amide bonds. The van der Waals surface area contributed by atoms with Crippen molar-refractivity contribution in [1.82, 2.24) is 14.9 Å². The predicted molar refractivity (Wildman–Crippen MR) is 89.7 cm³/mol. The Labute approximate surface area is 141 Å². The first-order chi connectivity index (χ1) is 11.6. The van der Waals surface area contributed by atoms with E-state index in [9.17, 15) is 5.11 Å². The summed E-state index contributed by atoms with van der Waals surface area (Å²) in [7, 11) is 3.97. The van der Waals surface area contributed by atoms with Gasteiger partial charge in [-0.3, -0.25) is 4.90 Å². The summed E-state index contributed by atoms with van der Waals surface area (Å²) < 4.78 is 10.7. The summed E-state index contributed by atoms with van der Waals surface area (Å²) >= 11 is 0. The summed E-state index contributed by atoms with van der Waals surface area (Å²) in [5, 5.41) is 10.2. The Balaban J connectivity index is 1.51. The van der Waals surface area contributed by atoms with Gasteiger partial charge in [-0.1, -0.05) is 0 Å². The van der Waals surface area contributed by atoms with Gasteiger partial charge in [0.05, 0.1) is 24.7 Å². The van der Waals surface area contributed by atoms with Crippen LogP contribution in [0, 0.1) is 0 Å². The van der Waals surface area contributed by atoms with E-state index in [4.69, 9.17) is 9.15 Å². The second-order valence-electron chi connectivity index (χ2n) is 6.25. The summed E-state index contributed by atoms with van der Waals surface area (Å²) in [5.41, 5.74) is 2.26. The molecule has 0 bridgehead atoms. The maximum atomic E-state index is 10.2. The molecular weight excluding hydrogens is 308 g/mol. The molecule has 7 heteroatoms. The largest absolute Gasteiger partial charge is 0.467 e. The van der Waals surface area contributed by atoms with Crippen LogP contribution in [0.4, 0.5) is 5.82 Å². The van der Waals surface area contributed by atoms with E-state index in [-0.39, 0.29) is 6.61 Å². The number of aliphatic hydroxyl groups excluding tert-OH is 1. The van der Waals surface area contributed by atoms with Gasteiger partial charge >= 0.3 is 0 Å². The summed E-state index contributed by atoms with van der Waals surface area (Å²) in [6, 6.07) is 3.68. The van der Waals surface area contributed by atoms with Crippen LogP contribution in [0.1, 0.15) is 17.0 Å². The highest BCUT2D eigenvalue weighted by Crippen LogP contribution is 2.24. The Hall–Kier alpha value is -1.96. The van der Waals surface area contributed by atoms with Gasteiger partial charge in [-0.25, -0.2) is 9.97 Å². The number of ether oxygens (including phenoxy) is 1. The molecule has 1 atom stereocenters. The summed E-state index contributed by atoms with van der Waals surface area (Å²) in [6.07, 6.45) is 3.58. The van der Waals surface area contributed by atoms with Gasteiger partial charge in [0.1, 0.15) is 24.5 Å². The minimum absolute atomic E-state index is 0.288. The molecule has 1 aliphatic rings. The number of nitrogens with zero attached hydrogens (tertiary/aromatic N) is 4. The molecule has 0 saturated carbocycles. The van der Waals surface area contributed by atoms with Crippen LogP contribution in [-0.2, 0) is 24.3 Å². The Morgan fingerprint density at radius 2 is 2.29 bits per heavy atom. The van der Waals surface area contributed by atoms with Gasteiger partial charge < -0.3 is 19.2 Å². The lowest BCUT2D eigenvalue weighted by Gasteiger charge is -2.31. The predicted octanol–water partition coefficient (Wildman–Crippen LogP) is 1.07. The van der Waals surface area contributed by atoms with E-state index in [1.165, 1.54) is 0 Å². The molecule has 130 valence electrons. The standard InChI is InChI=1S/C17H24N4O3/c1-20(2)17-15-9-21(6-5-16(15)18-12-19-17)8-13(22)10-23-11-14-4-3-7-24-14/h3-4,7,12-13,22H,5-6,8-11H2,1-2H3/t13-/m1/s1. The molecule has 3 heterocycles. The van der Waals surface area contributed by atoms with E-state index in [1.807, 2.05) is 31.1 Å².